The molecule has 0 spiro atoms. The molecule has 2 N–H and O–H groups in total. The van der Waals surface area contributed by atoms with Gasteiger partial charge in [-0.25, -0.2) is 15.0 Å². The van der Waals surface area contributed by atoms with E-state index in [4.69, 9.17) is 4.74 Å². The highest BCUT2D eigenvalue weighted by Gasteiger charge is 2.16. The largest absolute Gasteiger partial charge is 0.464 e. The molecule has 86 valence electrons. The van der Waals surface area contributed by atoms with Crippen LogP contribution in [-0.2, 0) is 14.3 Å². The summed E-state index contributed by atoms with van der Waals surface area (Å²) in [4.78, 5) is 21.9. The lowest BCUT2D eigenvalue weighted by Crippen LogP contribution is -2.42. The molecule has 6 nitrogen and oxygen atoms in total. The van der Waals surface area contributed by atoms with Crippen molar-refractivity contribution in [2.45, 2.75) is 26.4 Å². The van der Waals surface area contributed by atoms with Crippen LogP contribution in [-0.4, -0.2) is 24.8 Å². The lowest BCUT2D eigenvalue weighted by atomic mass is 10.2. The number of methoxy groups -OCH3 is 1. The van der Waals surface area contributed by atoms with Gasteiger partial charge < -0.3 is 9.47 Å². The quantitative estimate of drug-likeness (QED) is 0.412. The number of hydrogen-bond donors (Lipinski definition) is 2. The van der Waals surface area contributed by atoms with Gasteiger partial charge in [0.15, 0.2) is 0 Å². The number of hydrogen-bond acceptors (Lipinski definition) is 5. The van der Waals surface area contributed by atoms with E-state index < -0.39 is 17.7 Å². The SMILES string of the molecule is C=C(NNC(=O)OC(C)(C)C)C(=O)OC. The number of esters is 1. The van der Waals surface area contributed by atoms with Gasteiger partial charge in [0.1, 0.15) is 11.3 Å². The van der Waals surface area contributed by atoms with E-state index in [-0.39, 0.29) is 5.70 Å². The van der Waals surface area contributed by atoms with Crippen molar-refractivity contribution in [2.75, 3.05) is 7.11 Å². The zero-order valence-electron chi connectivity index (χ0n) is 9.34. The van der Waals surface area contributed by atoms with Gasteiger partial charge in [0, 0.05) is 0 Å². The molecule has 0 aromatic carbocycles. The average molecular weight is 216 g/mol. The number of rotatable bonds is 3. The second-order valence-electron chi connectivity index (χ2n) is 3.72. The number of carbonyl (C=O) groups excluding carboxylic acids is 2. The molecule has 0 aliphatic rings. The summed E-state index contributed by atoms with van der Waals surface area (Å²) in [7, 11) is 1.21. The van der Waals surface area contributed by atoms with Crippen LogP contribution in [0.25, 0.3) is 0 Å². The van der Waals surface area contributed by atoms with Crippen molar-refractivity contribution < 1.29 is 19.1 Å². The Morgan fingerprint density at radius 2 is 1.73 bits per heavy atom. The van der Waals surface area contributed by atoms with E-state index in [1.54, 1.807) is 20.8 Å². The Kier molecular flexibility index (Phi) is 4.63. The molecule has 0 bridgehead atoms. The monoisotopic (exact) mass is 216 g/mol. The van der Waals surface area contributed by atoms with Crippen molar-refractivity contribution in [1.29, 1.82) is 0 Å². The highest BCUT2D eigenvalue weighted by atomic mass is 16.6. The smallest absolute Gasteiger partial charge is 0.426 e. The van der Waals surface area contributed by atoms with Crippen molar-refractivity contribution in [3.05, 3.63) is 12.3 Å². The molecule has 0 aliphatic heterocycles. The molecule has 15 heavy (non-hydrogen) atoms. The van der Waals surface area contributed by atoms with Gasteiger partial charge in [-0.15, -0.1) is 0 Å². The summed E-state index contributed by atoms with van der Waals surface area (Å²) in [6, 6.07) is 0. The standard InChI is InChI=1S/C9H16N2O4/c1-6(7(12)14-5)10-11-8(13)15-9(2,3)4/h10H,1H2,2-5H3,(H,11,13). The number of ether oxygens (including phenoxy) is 2. The van der Waals surface area contributed by atoms with Crippen molar-refractivity contribution in [3.63, 3.8) is 0 Å². The first kappa shape index (κ1) is 13.3. The maximum atomic E-state index is 11.1. The van der Waals surface area contributed by atoms with E-state index in [1.807, 2.05) is 0 Å². The Morgan fingerprint density at radius 1 is 1.20 bits per heavy atom. The van der Waals surface area contributed by atoms with Gasteiger partial charge in [-0.3, -0.25) is 5.43 Å². The second kappa shape index (κ2) is 5.23. The Morgan fingerprint density at radius 3 is 2.13 bits per heavy atom. The van der Waals surface area contributed by atoms with Crippen LogP contribution in [0, 0.1) is 0 Å². The highest BCUT2D eigenvalue weighted by molar-refractivity contribution is 5.87. The third kappa shape index (κ3) is 6.36. The Hall–Kier alpha value is -1.72. The number of amides is 1. The minimum Gasteiger partial charge on any atom is -0.464 e. The van der Waals surface area contributed by atoms with Crippen LogP contribution in [0.4, 0.5) is 4.79 Å². The van der Waals surface area contributed by atoms with Crippen LogP contribution < -0.4 is 10.9 Å². The Balaban J connectivity index is 3.92. The highest BCUT2D eigenvalue weighted by Crippen LogP contribution is 2.05. The molecule has 0 aromatic heterocycles. The molecular weight excluding hydrogens is 200 g/mol. The van der Waals surface area contributed by atoms with E-state index in [1.165, 1.54) is 7.11 Å². The van der Waals surface area contributed by atoms with Crippen LogP contribution in [0.1, 0.15) is 20.8 Å². The van der Waals surface area contributed by atoms with E-state index in [0.29, 0.717) is 0 Å². The molecule has 0 atom stereocenters. The average Bonchev–Trinajstić information content (AvgIpc) is 2.10. The Labute approximate surface area is 88.6 Å². The van der Waals surface area contributed by atoms with Crippen LogP contribution in [0.5, 0.6) is 0 Å². The third-order valence-corrected chi connectivity index (χ3v) is 1.15. The fourth-order valence-corrected chi connectivity index (χ4v) is 0.604. The first-order valence-corrected chi connectivity index (χ1v) is 4.28. The number of nitrogens with one attached hydrogen (secondary N) is 2. The van der Waals surface area contributed by atoms with Crippen LogP contribution in [0.3, 0.4) is 0 Å². The summed E-state index contributed by atoms with van der Waals surface area (Å²) in [5.74, 6) is -0.661. The van der Waals surface area contributed by atoms with E-state index in [9.17, 15) is 9.59 Å². The molecule has 0 saturated carbocycles. The predicted molar refractivity (Wildman–Crippen MR) is 53.7 cm³/mol. The summed E-state index contributed by atoms with van der Waals surface area (Å²) in [5, 5.41) is 0. The molecule has 0 heterocycles. The topological polar surface area (TPSA) is 76.7 Å². The molecule has 0 radical (unpaired) electrons. The first-order valence-electron chi connectivity index (χ1n) is 4.28. The van der Waals surface area contributed by atoms with Crippen LogP contribution in [0.2, 0.25) is 0 Å². The van der Waals surface area contributed by atoms with Gasteiger partial charge in [0.25, 0.3) is 0 Å². The van der Waals surface area contributed by atoms with Gasteiger partial charge in [0.05, 0.1) is 7.11 Å². The van der Waals surface area contributed by atoms with E-state index in [0.717, 1.165) is 0 Å². The van der Waals surface area contributed by atoms with Crippen molar-refractivity contribution in [3.8, 4) is 0 Å². The Bertz CT molecular complexity index is 268. The molecule has 0 fully saturated rings. The minimum absolute atomic E-state index is 0.0802. The molecule has 6 heteroatoms. The molecule has 0 aromatic rings. The number of carbonyl (C=O) groups is 2. The van der Waals surface area contributed by atoms with Gasteiger partial charge in [-0.1, -0.05) is 6.58 Å². The van der Waals surface area contributed by atoms with Crippen molar-refractivity contribution in [2.24, 2.45) is 0 Å². The zero-order chi connectivity index (χ0) is 12.1. The molecule has 0 unspecified atom stereocenters. The molecule has 0 aliphatic carbocycles. The lowest BCUT2D eigenvalue weighted by molar-refractivity contribution is -0.136. The van der Waals surface area contributed by atoms with E-state index >= 15 is 0 Å². The van der Waals surface area contributed by atoms with Crippen LogP contribution in [0.15, 0.2) is 12.3 Å². The van der Waals surface area contributed by atoms with E-state index in [2.05, 4.69) is 22.2 Å². The third-order valence-electron chi connectivity index (χ3n) is 1.15. The summed E-state index contributed by atoms with van der Waals surface area (Å²) >= 11 is 0. The molecule has 1 amide bonds. The number of hydrazine groups is 1. The normalized spacial score (nSPS) is 10.1. The second-order valence-corrected chi connectivity index (χ2v) is 3.72. The van der Waals surface area contributed by atoms with Gasteiger partial charge in [-0.05, 0) is 20.8 Å². The summed E-state index contributed by atoms with van der Waals surface area (Å²) in [6.45, 7) is 8.51. The fourth-order valence-electron chi connectivity index (χ4n) is 0.604. The fraction of sp³-hybridized carbons (Fsp3) is 0.556. The first-order chi connectivity index (χ1) is 6.76. The summed E-state index contributed by atoms with van der Waals surface area (Å²) < 4.78 is 9.25. The molecular formula is C9H16N2O4. The van der Waals surface area contributed by atoms with Gasteiger partial charge in [0.2, 0.25) is 0 Å². The predicted octanol–water partition coefficient (Wildman–Crippen LogP) is 0.702. The minimum atomic E-state index is -0.701. The van der Waals surface area contributed by atoms with Gasteiger partial charge in [-0.2, -0.15) is 0 Å². The van der Waals surface area contributed by atoms with Crippen molar-refractivity contribution in [1.82, 2.24) is 10.9 Å². The molecule has 0 rings (SSSR count). The van der Waals surface area contributed by atoms with Crippen molar-refractivity contribution >= 4 is 12.1 Å². The summed E-state index contributed by atoms with van der Waals surface area (Å²) in [6.07, 6.45) is -0.701. The maximum Gasteiger partial charge on any atom is 0.426 e. The molecule has 0 saturated heterocycles. The maximum absolute atomic E-state index is 11.1. The van der Waals surface area contributed by atoms with Gasteiger partial charge >= 0.3 is 12.1 Å². The lowest BCUT2D eigenvalue weighted by Gasteiger charge is -2.20. The zero-order valence-corrected chi connectivity index (χ0v) is 9.34. The van der Waals surface area contributed by atoms with Crippen LogP contribution >= 0.6 is 0 Å². The summed E-state index contributed by atoms with van der Waals surface area (Å²) in [5.41, 5.74) is 3.73.